The smallest absolute Gasteiger partial charge is 0.373 e. The summed E-state index contributed by atoms with van der Waals surface area (Å²) in [5.74, 6) is 0. The molecule has 0 aromatic heterocycles. The Morgan fingerprint density at radius 3 is 2.48 bits per heavy atom. The fourth-order valence-corrected chi connectivity index (χ4v) is 2.69. The summed E-state index contributed by atoms with van der Waals surface area (Å²) in [5.41, 5.74) is 5.75. The third-order valence-corrected chi connectivity index (χ3v) is 4.01. The van der Waals surface area contributed by atoms with Gasteiger partial charge in [0.2, 0.25) is 0 Å². The van der Waals surface area contributed by atoms with E-state index in [1.54, 1.807) is 6.07 Å². The molecule has 0 saturated carbocycles. The quantitative estimate of drug-likeness (QED) is 0.907. The summed E-state index contributed by atoms with van der Waals surface area (Å²) in [6, 6.07) is 4.20. The Morgan fingerprint density at radius 2 is 1.90 bits per heavy atom. The molecule has 0 atom stereocenters. The van der Waals surface area contributed by atoms with Crippen LogP contribution in [-0.2, 0) is 12.7 Å². The van der Waals surface area contributed by atoms with E-state index < -0.39 is 11.7 Å². The largest absolute Gasteiger partial charge is 0.416 e. The molecule has 0 radical (unpaired) electrons. The average Bonchev–Trinajstić information content (AvgIpc) is 2.96. The minimum Gasteiger partial charge on any atom is -0.373 e. The van der Waals surface area contributed by atoms with E-state index in [1.165, 1.54) is 18.9 Å². The van der Waals surface area contributed by atoms with Gasteiger partial charge in [0.1, 0.15) is 0 Å². The molecule has 1 aromatic rings. The standard InChI is InChI=1S/C15H22F3N3/c1-20(8-9-21-6-2-3-7-21)13-4-5-14(15(16,17)18)12(10-13)11-19/h4-5,10H,2-3,6-9,11,19H2,1H3. The number of nitrogens with zero attached hydrogens (tertiary/aromatic N) is 2. The van der Waals surface area contributed by atoms with E-state index in [0.29, 0.717) is 0 Å². The van der Waals surface area contributed by atoms with E-state index >= 15 is 0 Å². The first kappa shape index (κ1) is 16.1. The molecule has 3 nitrogen and oxygen atoms in total. The lowest BCUT2D eigenvalue weighted by molar-refractivity contribution is -0.138. The minimum atomic E-state index is -4.35. The molecule has 0 spiro atoms. The predicted octanol–water partition coefficient (Wildman–Crippen LogP) is 2.70. The van der Waals surface area contributed by atoms with Gasteiger partial charge in [0.25, 0.3) is 0 Å². The van der Waals surface area contributed by atoms with Crippen molar-refractivity contribution in [3.63, 3.8) is 0 Å². The molecule has 1 aliphatic heterocycles. The number of nitrogens with two attached hydrogens (primary N) is 1. The van der Waals surface area contributed by atoms with Crippen LogP contribution in [0.3, 0.4) is 0 Å². The van der Waals surface area contributed by atoms with E-state index in [1.807, 2.05) is 11.9 Å². The van der Waals surface area contributed by atoms with Crippen LogP contribution in [0.25, 0.3) is 0 Å². The zero-order valence-corrected chi connectivity index (χ0v) is 12.3. The highest BCUT2D eigenvalue weighted by Gasteiger charge is 2.33. The first-order valence-corrected chi connectivity index (χ1v) is 7.25. The van der Waals surface area contributed by atoms with E-state index in [-0.39, 0.29) is 12.1 Å². The average molecular weight is 301 g/mol. The number of hydrogen-bond acceptors (Lipinski definition) is 3. The second-order valence-electron chi connectivity index (χ2n) is 5.51. The highest BCUT2D eigenvalue weighted by atomic mass is 19.4. The van der Waals surface area contributed by atoms with Crippen molar-refractivity contribution < 1.29 is 13.2 Å². The van der Waals surface area contributed by atoms with Crippen LogP contribution in [0, 0.1) is 0 Å². The van der Waals surface area contributed by atoms with E-state index in [4.69, 9.17) is 5.73 Å². The van der Waals surface area contributed by atoms with Crippen molar-refractivity contribution in [1.82, 2.24) is 4.90 Å². The fourth-order valence-electron chi connectivity index (χ4n) is 2.69. The molecular weight excluding hydrogens is 279 g/mol. The van der Waals surface area contributed by atoms with Crippen LogP contribution in [0.4, 0.5) is 18.9 Å². The Hall–Kier alpha value is -1.27. The first-order chi connectivity index (χ1) is 9.91. The second kappa shape index (κ2) is 6.66. The lowest BCUT2D eigenvalue weighted by Gasteiger charge is -2.24. The molecule has 2 rings (SSSR count). The van der Waals surface area contributed by atoms with Crippen molar-refractivity contribution in [2.75, 3.05) is 38.1 Å². The predicted molar refractivity (Wildman–Crippen MR) is 78.3 cm³/mol. The molecule has 0 amide bonds. The van der Waals surface area contributed by atoms with Gasteiger partial charge in [0.05, 0.1) is 5.56 Å². The van der Waals surface area contributed by atoms with Crippen molar-refractivity contribution in [3.05, 3.63) is 29.3 Å². The molecular formula is C15H22F3N3. The van der Waals surface area contributed by atoms with Crippen LogP contribution >= 0.6 is 0 Å². The van der Waals surface area contributed by atoms with Gasteiger partial charge < -0.3 is 15.5 Å². The monoisotopic (exact) mass is 301 g/mol. The van der Waals surface area contributed by atoms with E-state index in [2.05, 4.69) is 4.90 Å². The number of benzene rings is 1. The molecule has 21 heavy (non-hydrogen) atoms. The lowest BCUT2D eigenvalue weighted by atomic mass is 10.1. The number of hydrogen-bond donors (Lipinski definition) is 1. The van der Waals surface area contributed by atoms with Gasteiger partial charge in [-0.3, -0.25) is 0 Å². The van der Waals surface area contributed by atoms with Gasteiger partial charge in [-0.2, -0.15) is 13.2 Å². The SMILES string of the molecule is CN(CCN1CCCC1)c1ccc(C(F)(F)F)c(CN)c1. The molecule has 1 saturated heterocycles. The number of anilines is 1. The Kier molecular flexibility index (Phi) is 5.11. The molecule has 0 unspecified atom stereocenters. The number of rotatable bonds is 5. The third kappa shape index (κ3) is 4.11. The fraction of sp³-hybridized carbons (Fsp3) is 0.600. The van der Waals surface area contributed by atoms with Crippen LogP contribution in [0.2, 0.25) is 0 Å². The maximum atomic E-state index is 12.8. The summed E-state index contributed by atoms with van der Waals surface area (Å²) in [7, 11) is 1.90. The molecule has 118 valence electrons. The van der Waals surface area contributed by atoms with E-state index in [9.17, 15) is 13.2 Å². The highest BCUT2D eigenvalue weighted by Crippen LogP contribution is 2.33. The molecule has 6 heteroatoms. The van der Waals surface area contributed by atoms with Crippen molar-refractivity contribution in [1.29, 1.82) is 0 Å². The van der Waals surface area contributed by atoms with Crippen LogP contribution in [0.1, 0.15) is 24.0 Å². The number of likely N-dealkylation sites (N-methyl/N-ethyl adjacent to an activating group) is 1. The van der Waals surface area contributed by atoms with Gasteiger partial charge in [-0.05, 0) is 49.7 Å². The maximum absolute atomic E-state index is 12.8. The van der Waals surface area contributed by atoms with Crippen LogP contribution < -0.4 is 10.6 Å². The number of alkyl halides is 3. The van der Waals surface area contributed by atoms with Crippen LogP contribution in [-0.4, -0.2) is 38.1 Å². The summed E-state index contributed by atoms with van der Waals surface area (Å²) >= 11 is 0. The Balaban J connectivity index is 2.05. The molecule has 0 aliphatic carbocycles. The first-order valence-electron chi connectivity index (χ1n) is 7.25. The molecule has 0 bridgehead atoms. The van der Waals surface area contributed by atoms with Gasteiger partial charge in [-0.1, -0.05) is 0 Å². The zero-order valence-electron chi connectivity index (χ0n) is 12.3. The topological polar surface area (TPSA) is 32.5 Å². The normalized spacial score (nSPS) is 16.4. The summed E-state index contributed by atoms with van der Waals surface area (Å²) in [5, 5.41) is 0. The number of halogens is 3. The Labute approximate surface area is 123 Å². The van der Waals surface area contributed by atoms with Gasteiger partial charge in [-0.25, -0.2) is 0 Å². The van der Waals surface area contributed by atoms with Crippen molar-refractivity contribution >= 4 is 5.69 Å². The highest BCUT2D eigenvalue weighted by molar-refractivity contribution is 5.51. The Morgan fingerprint density at radius 1 is 1.24 bits per heavy atom. The van der Waals surface area contributed by atoms with Crippen LogP contribution in [0.5, 0.6) is 0 Å². The maximum Gasteiger partial charge on any atom is 0.416 e. The second-order valence-corrected chi connectivity index (χ2v) is 5.51. The van der Waals surface area contributed by atoms with Gasteiger partial charge >= 0.3 is 6.18 Å². The third-order valence-electron chi connectivity index (χ3n) is 4.01. The minimum absolute atomic E-state index is 0.108. The number of likely N-dealkylation sites (tertiary alicyclic amines) is 1. The van der Waals surface area contributed by atoms with Crippen LogP contribution in [0.15, 0.2) is 18.2 Å². The summed E-state index contributed by atoms with van der Waals surface area (Å²) in [4.78, 5) is 4.36. The molecule has 1 aromatic carbocycles. The summed E-state index contributed by atoms with van der Waals surface area (Å²) in [6.45, 7) is 3.87. The summed E-state index contributed by atoms with van der Waals surface area (Å²) < 4.78 is 38.5. The zero-order chi connectivity index (χ0) is 15.5. The van der Waals surface area contributed by atoms with Crippen molar-refractivity contribution in [3.8, 4) is 0 Å². The van der Waals surface area contributed by atoms with Gasteiger partial charge in [-0.15, -0.1) is 0 Å². The van der Waals surface area contributed by atoms with Gasteiger partial charge in [0.15, 0.2) is 0 Å². The van der Waals surface area contributed by atoms with Crippen molar-refractivity contribution in [2.45, 2.75) is 25.6 Å². The molecule has 1 aliphatic rings. The molecule has 1 fully saturated rings. The van der Waals surface area contributed by atoms with Gasteiger partial charge in [0, 0.05) is 32.4 Å². The Bertz CT molecular complexity index is 468. The van der Waals surface area contributed by atoms with E-state index in [0.717, 1.165) is 37.9 Å². The lowest BCUT2D eigenvalue weighted by Crippen LogP contribution is -2.31. The molecule has 2 N–H and O–H groups in total. The summed E-state index contributed by atoms with van der Waals surface area (Å²) in [6.07, 6.45) is -1.87. The van der Waals surface area contributed by atoms with Crippen molar-refractivity contribution in [2.24, 2.45) is 5.73 Å². The molecule has 1 heterocycles.